The van der Waals surface area contributed by atoms with Gasteiger partial charge in [0.15, 0.2) is 0 Å². The van der Waals surface area contributed by atoms with Gasteiger partial charge in [0, 0.05) is 31.0 Å². The van der Waals surface area contributed by atoms with Crippen LogP contribution in [0.4, 0.5) is 0 Å². The van der Waals surface area contributed by atoms with Gasteiger partial charge in [-0.3, -0.25) is 4.98 Å². The molecule has 2 aromatic heterocycles. The van der Waals surface area contributed by atoms with Crippen molar-refractivity contribution in [3.63, 3.8) is 0 Å². The molecule has 1 atom stereocenters. The van der Waals surface area contributed by atoms with Crippen LogP contribution in [0.25, 0.3) is 10.9 Å². The molecule has 0 radical (unpaired) electrons. The van der Waals surface area contributed by atoms with Crippen LogP contribution in [-0.2, 0) is 17.1 Å². The summed E-state index contributed by atoms with van der Waals surface area (Å²) in [7, 11) is -0.518. The summed E-state index contributed by atoms with van der Waals surface area (Å²) in [5, 5.41) is 0.771. The van der Waals surface area contributed by atoms with Crippen LogP contribution in [0, 0.1) is 6.92 Å². The zero-order valence-electron chi connectivity index (χ0n) is 16.9. The highest BCUT2D eigenvalue weighted by atomic mass is 32.2. The van der Waals surface area contributed by atoms with E-state index in [4.69, 9.17) is 4.74 Å². The lowest BCUT2D eigenvalue weighted by molar-refractivity contribution is 0.413. The maximum atomic E-state index is 13.5. The normalized spacial score (nSPS) is 12.8. The molecule has 0 aliphatic carbocycles. The molecule has 4 rings (SSSR count). The Morgan fingerprint density at radius 3 is 2.63 bits per heavy atom. The van der Waals surface area contributed by atoms with Gasteiger partial charge in [0.1, 0.15) is 22.5 Å². The van der Waals surface area contributed by atoms with E-state index in [9.17, 15) is 8.42 Å². The Kier molecular flexibility index (Phi) is 5.27. The minimum Gasteiger partial charge on any atom is -0.497 e. The Bertz CT molecular complexity index is 1310. The van der Waals surface area contributed by atoms with Crippen LogP contribution < -0.4 is 9.46 Å². The minimum absolute atomic E-state index is 0.127. The van der Waals surface area contributed by atoms with Crippen molar-refractivity contribution in [2.75, 3.05) is 7.11 Å². The molecule has 0 fully saturated rings. The van der Waals surface area contributed by atoms with E-state index in [1.165, 1.54) is 0 Å². The first-order valence-electron chi connectivity index (χ1n) is 9.38. The highest BCUT2D eigenvalue weighted by molar-refractivity contribution is 7.89. The summed E-state index contributed by atoms with van der Waals surface area (Å²) >= 11 is 0. The maximum Gasteiger partial charge on any atom is 0.243 e. The molecule has 7 nitrogen and oxygen atoms in total. The molecule has 0 aliphatic rings. The number of nitrogens with zero attached hydrogens (tertiary/aromatic N) is 3. The summed E-state index contributed by atoms with van der Waals surface area (Å²) in [5.41, 5.74) is 2.11. The monoisotopic (exact) mass is 422 g/mol. The van der Waals surface area contributed by atoms with E-state index in [0.29, 0.717) is 17.1 Å². The maximum absolute atomic E-state index is 13.5. The summed E-state index contributed by atoms with van der Waals surface area (Å²) < 4.78 is 36.8. The quantitative estimate of drug-likeness (QED) is 0.515. The van der Waals surface area contributed by atoms with Crippen LogP contribution in [0.3, 0.4) is 0 Å². The molecule has 0 bridgehead atoms. The lowest BCUT2D eigenvalue weighted by Gasteiger charge is -2.20. The Morgan fingerprint density at radius 2 is 1.90 bits per heavy atom. The SMILES string of the molecule is COc1cccc([C@@H](NS(=O)(=O)c2cccc3cc(C)cnc23)c2nccn2C)c1. The van der Waals surface area contributed by atoms with E-state index >= 15 is 0 Å². The standard InChI is InChI=1S/C22H22N4O3S/c1-15-12-16-7-5-9-19(20(16)24-14-15)30(27,28)25-21(22-23-10-11-26(22)2)17-6-4-8-18(13-17)29-3/h4-14,21,25H,1-3H3/t21-/m1/s1. The predicted molar refractivity (Wildman–Crippen MR) is 115 cm³/mol. The molecule has 0 saturated heterocycles. The molecule has 0 saturated carbocycles. The van der Waals surface area contributed by atoms with Crippen LogP contribution in [0.1, 0.15) is 23.0 Å². The second-order valence-corrected chi connectivity index (χ2v) is 8.75. The van der Waals surface area contributed by atoms with Crippen molar-refractivity contribution >= 4 is 20.9 Å². The number of hydrogen-bond donors (Lipinski definition) is 1. The number of benzene rings is 2. The van der Waals surface area contributed by atoms with Gasteiger partial charge in [-0.1, -0.05) is 24.3 Å². The van der Waals surface area contributed by atoms with Crippen molar-refractivity contribution in [3.05, 3.63) is 84.1 Å². The van der Waals surface area contributed by atoms with Crippen LogP contribution >= 0.6 is 0 Å². The summed E-state index contributed by atoms with van der Waals surface area (Å²) in [6.45, 7) is 1.92. The third-order valence-electron chi connectivity index (χ3n) is 4.92. The first kappa shape index (κ1) is 20.1. The summed E-state index contributed by atoms with van der Waals surface area (Å²) in [5.74, 6) is 1.20. The molecule has 4 aromatic rings. The van der Waals surface area contributed by atoms with Gasteiger partial charge in [-0.15, -0.1) is 0 Å². The van der Waals surface area contributed by atoms with E-state index in [2.05, 4.69) is 14.7 Å². The number of hydrogen-bond acceptors (Lipinski definition) is 5. The number of fused-ring (bicyclic) bond motifs is 1. The van der Waals surface area contributed by atoms with E-state index in [1.54, 1.807) is 48.5 Å². The highest BCUT2D eigenvalue weighted by Gasteiger charge is 2.27. The Morgan fingerprint density at radius 1 is 1.10 bits per heavy atom. The molecule has 30 heavy (non-hydrogen) atoms. The molecule has 1 N–H and O–H groups in total. The van der Waals surface area contributed by atoms with Crippen molar-refractivity contribution in [1.29, 1.82) is 0 Å². The minimum atomic E-state index is -3.92. The van der Waals surface area contributed by atoms with Gasteiger partial charge >= 0.3 is 0 Å². The number of aromatic nitrogens is 3. The molecule has 0 unspecified atom stereocenters. The van der Waals surface area contributed by atoms with Gasteiger partial charge in [-0.2, -0.15) is 4.72 Å². The fraction of sp³-hybridized carbons (Fsp3) is 0.182. The van der Waals surface area contributed by atoms with Crippen molar-refractivity contribution < 1.29 is 13.2 Å². The lowest BCUT2D eigenvalue weighted by atomic mass is 10.1. The fourth-order valence-corrected chi connectivity index (χ4v) is 4.79. The van der Waals surface area contributed by atoms with Gasteiger partial charge in [0.2, 0.25) is 10.0 Å². The summed E-state index contributed by atoms with van der Waals surface area (Å²) in [6.07, 6.45) is 5.08. The van der Waals surface area contributed by atoms with Crippen molar-refractivity contribution in [1.82, 2.24) is 19.3 Å². The van der Waals surface area contributed by atoms with Gasteiger partial charge < -0.3 is 9.30 Å². The second kappa shape index (κ2) is 7.89. The number of ether oxygens (including phenoxy) is 1. The highest BCUT2D eigenvalue weighted by Crippen LogP contribution is 2.28. The first-order valence-corrected chi connectivity index (χ1v) is 10.9. The topological polar surface area (TPSA) is 86.1 Å². The third-order valence-corrected chi connectivity index (χ3v) is 6.37. The van der Waals surface area contributed by atoms with Crippen LogP contribution in [0.2, 0.25) is 0 Å². The molecule has 154 valence electrons. The molecule has 2 heterocycles. The molecule has 2 aromatic carbocycles. The molecule has 0 aliphatic heterocycles. The molecule has 0 amide bonds. The molecular weight excluding hydrogens is 400 g/mol. The van der Waals surface area contributed by atoms with Crippen molar-refractivity contribution in [3.8, 4) is 5.75 Å². The second-order valence-electron chi connectivity index (χ2n) is 7.07. The largest absolute Gasteiger partial charge is 0.497 e. The number of sulfonamides is 1. The van der Waals surface area contributed by atoms with Gasteiger partial charge in [0.05, 0.1) is 12.6 Å². The fourth-order valence-electron chi connectivity index (χ4n) is 3.42. The Hall–Kier alpha value is -3.23. The zero-order chi connectivity index (χ0) is 21.3. The van der Waals surface area contributed by atoms with Crippen LogP contribution in [-0.4, -0.2) is 30.1 Å². The van der Waals surface area contributed by atoms with Gasteiger partial charge in [0.25, 0.3) is 0 Å². The lowest BCUT2D eigenvalue weighted by Crippen LogP contribution is -2.31. The number of para-hydroxylation sites is 1. The predicted octanol–water partition coefficient (Wildman–Crippen LogP) is 3.35. The molecule has 0 spiro atoms. The average Bonchev–Trinajstić information content (AvgIpc) is 3.17. The molecular formula is C22H22N4O3S. The Labute approximate surface area is 175 Å². The average molecular weight is 423 g/mol. The molecule has 8 heteroatoms. The number of nitrogens with one attached hydrogen (secondary N) is 1. The number of aryl methyl sites for hydroxylation is 2. The number of imidazole rings is 1. The van der Waals surface area contributed by atoms with Crippen LogP contribution in [0.15, 0.2) is 72.0 Å². The number of methoxy groups -OCH3 is 1. The number of pyridine rings is 1. The number of rotatable bonds is 6. The van der Waals surface area contributed by atoms with Crippen molar-refractivity contribution in [2.24, 2.45) is 7.05 Å². The van der Waals surface area contributed by atoms with Crippen LogP contribution in [0.5, 0.6) is 5.75 Å². The van der Waals surface area contributed by atoms with Gasteiger partial charge in [-0.25, -0.2) is 13.4 Å². The smallest absolute Gasteiger partial charge is 0.243 e. The summed E-state index contributed by atoms with van der Waals surface area (Å²) in [4.78, 5) is 8.88. The van der Waals surface area contributed by atoms with E-state index < -0.39 is 16.1 Å². The zero-order valence-corrected chi connectivity index (χ0v) is 17.7. The first-order chi connectivity index (χ1) is 14.4. The van der Waals surface area contributed by atoms with E-state index in [0.717, 1.165) is 16.5 Å². The van der Waals surface area contributed by atoms with E-state index in [-0.39, 0.29) is 4.90 Å². The Balaban J connectivity index is 1.82. The third kappa shape index (κ3) is 3.79. The van der Waals surface area contributed by atoms with E-state index in [1.807, 2.05) is 44.3 Å². The van der Waals surface area contributed by atoms with Gasteiger partial charge in [-0.05, 0) is 42.3 Å². The van der Waals surface area contributed by atoms with Crippen molar-refractivity contribution in [2.45, 2.75) is 17.9 Å². The summed E-state index contributed by atoms with van der Waals surface area (Å²) in [6, 6.07) is 13.6.